The number of carbonyl (C=O) groups is 2. The van der Waals surface area contributed by atoms with E-state index in [1.54, 1.807) is 6.08 Å². The molecule has 0 aromatic carbocycles. The Labute approximate surface area is 123 Å². The van der Waals surface area contributed by atoms with Gasteiger partial charge in [0.2, 0.25) is 5.91 Å². The van der Waals surface area contributed by atoms with E-state index >= 15 is 0 Å². The SMILES string of the molecule is C=CCC[C@H](C(N)=O)[C@@H](CC1CCC1)C(=O)C(C)(C)C. The van der Waals surface area contributed by atoms with Crippen LogP contribution in [0.2, 0.25) is 0 Å². The van der Waals surface area contributed by atoms with E-state index in [4.69, 9.17) is 5.73 Å². The van der Waals surface area contributed by atoms with Gasteiger partial charge < -0.3 is 5.73 Å². The van der Waals surface area contributed by atoms with Gasteiger partial charge >= 0.3 is 0 Å². The van der Waals surface area contributed by atoms with E-state index in [2.05, 4.69) is 6.58 Å². The van der Waals surface area contributed by atoms with Crippen molar-refractivity contribution in [3.8, 4) is 0 Å². The number of amides is 1. The molecule has 0 aromatic heterocycles. The highest BCUT2D eigenvalue weighted by molar-refractivity contribution is 5.91. The summed E-state index contributed by atoms with van der Waals surface area (Å²) in [7, 11) is 0. The lowest BCUT2D eigenvalue weighted by Crippen LogP contribution is -2.40. The molecule has 0 aromatic rings. The summed E-state index contributed by atoms with van der Waals surface area (Å²) in [6.07, 6.45) is 7.58. The Kier molecular flexibility index (Phi) is 5.97. The van der Waals surface area contributed by atoms with Crippen molar-refractivity contribution >= 4 is 11.7 Å². The van der Waals surface area contributed by atoms with Crippen molar-refractivity contribution in [2.75, 3.05) is 0 Å². The Morgan fingerprint density at radius 1 is 1.30 bits per heavy atom. The molecule has 2 N–H and O–H groups in total. The van der Waals surface area contributed by atoms with E-state index in [9.17, 15) is 9.59 Å². The number of hydrogen-bond donors (Lipinski definition) is 1. The van der Waals surface area contributed by atoms with Gasteiger partial charge in [0.15, 0.2) is 0 Å². The van der Waals surface area contributed by atoms with E-state index in [-0.39, 0.29) is 23.5 Å². The molecule has 20 heavy (non-hydrogen) atoms. The smallest absolute Gasteiger partial charge is 0.221 e. The van der Waals surface area contributed by atoms with Crippen LogP contribution in [0.15, 0.2) is 12.7 Å². The standard InChI is InChI=1S/C17H29NO2/c1-5-6-10-13(16(18)20)14(11-12-8-7-9-12)15(19)17(2,3)4/h5,12-14H,1,6-11H2,2-4H3,(H2,18,20)/t13-,14+/m0/s1. The third-order valence-corrected chi connectivity index (χ3v) is 4.42. The summed E-state index contributed by atoms with van der Waals surface area (Å²) in [4.78, 5) is 24.5. The van der Waals surface area contributed by atoms with Gasteiger partial charge in [-0.1, -0.05) is 46.1 Å². The van der Waals surface area contributed by atoms with Gasteiger partial charge in [-0.2, -0.15) is 0 Å². The van der Waals surface area contributed by atoms with E-state index in [1.165, 1.54) is 19.3 Å². The second kappa shape index (κ2) is 7.05. The highest BCUT2D eigenvalue weighted by Gasteiger charge is 2.39. The number of primary amides is 1. The van der Waals surface area contributed by atoms with Crippen molar-refractivity contribution in [2.24, 2.45) is 28.9 Å². The summed E-state index contributed by atoms with van der Waals surface area (Å²) >= 11 is 0. The van der Waals surface area contributed by atoms with Crippen LogP contribution in [0.5, 0.6) is 0 Å². The molecule has 0 saturated heterocycles. The number of ketones is 1. The Bertz CT molecular complexity index is 364. The zero-order valence-corrected chi connectivity index (χ0v) is 13.2. The minimum Gasteiger partial charge on any atom is -0.369 e. The van der Waals surface area contributed by atoms with Crippen molar-refractivity contribution in [1.82, 2.24) is 0 Å². The molecule has 1 amide bonds. The maximum Gasteiger partial charge on any atom is 0.221 e. The lowest BCUT2D eigenvalue weighted by molar-refractivity contribution is -0.138. The van der Waals surface area contributed by atoms with Gasteiger partial charge in [-0.25, -0.2) is 0 Å². The third kappa shape index (κ3) is 4.46. The van der Waals surface area contributed by atoms with E-state index in [0.29, 0.717) is 12.3 Å². The fraction of sp³-hybridized carbons (Fsp3) is 0.765. The van der Waals surface area contributed by atoms with Gasteiger partial charge in [0, 0.05) is 17.3 Å². The molecule has 0 bridgehead atoms. The third-order valence-electron chi connectivity index (χ3n) is 4.42. The first-order valence-corrected chi connectivity index (χ1v) is 7.72. The summed E-state index contributed by atoms with van der Waals surface area (Å²) in [5, 5.41) is 0. The van der Waals surface area contributed by atoms with Gasteiger partial charge in [0.1, 0.15) is 5.78 Å². The fourth-order valence-corrected chi connectivity index (χ4v) is 2.94. The Morgan fingerprint density at radius 3 is 2.25 bits per heavy atom. The van der Waals surface area contributed by atoms with Crippen LogP contribution in [0.1, 0.15) is 59.3 Å². The topological polar surface area (TPSA) is 60.2 Å². The minimum absolute atomic E-state index is 0.178. The van der Waals surface area contributed by atoms with Crippen LogP contribution in [0, 0.1) is 23.2 Å². The van der Waals surface area contributed by atoms with Gasteiger partial charge in [-0.05, 0) is 25.2 Å². The Morgan fingerprint density at radius 2 is 1.90 bits per heavy atom. The second-order valence-electron chi connectivity index (χ2n) is 7.13. The lowest BCUT2D eigenvalue weighted by atomic mass is 9.68. The maximum atomic E-state index is 12.7. The summed E-state index contributed by atoms with van der Waals surface area (Å²) in [5.74, 6) is -0.138. The van der Waals surface area contributed by atoms with Crippen LogP contribution in [-0.4, -0.2) is 11.7 Å². The van der Waals surface area contributed by atoms with Crippen LogP contribution in [0.25, 0.3) is 0 Å². The van der Waals surface area contributed by atoms with Gasteiger partial charge in [-0.15, -0.1) is 6.58 Å². The molecule has 3 heteroatoms. The number of hydrogen-bond acceptors (Lipinski definition) is 2. The van der Waals surface area contributed by atoms with Crippen LogP contribution in [-0.2, 0) is 9.59 Å². The summed E-state index contributed by atoms with van der Waals surface area (Å²) in [6, 6.07) is 0. The Balaban J connectivity index is 2.89. The van der Waals surface area contributed by atoms with Crippen LogP contribution in [0.4, 0.5) is 0 Å². The maximum absolute atomic E-state index is 12.7. The van der Waals surface area contributed by atoms with Crippen LogP contribution >= 0.6 is 0 Å². The molecular formula is C17H29NO2. The van der Waals surface area contributed by atoms with Gasteiger partial charge in [0.05, 0.1) is 0 Å². The molecule has 1 saturated carbocycles. The molecule has 0 radical (unpaired) electrons. The predicted molar refractivity (Wildman–Crippen MR) is 82.0 cm³/mol. The molecule has 1 aliphatic rings. The number of Topliss-reactive ketones (excluding diaryl/α,β-unsaturated/α-hetero) is 1. The molecule has 1 aliphatic carbocycles. The molecule has 0 aliphatic heterocycles. The summed E-state index contributed by atoms with van der Waals surface area (Å²) in [6.45, 7) is 9.47. The van der Waals surface area contributed by atoms with Crippen molar-refractivity contribution < 1.29 is 9.59 Å². The number of carbonyl (C=O) groups excluding carboxylic acids is 2. The van der Waals surface area contributed by atoms with E-state index < -0.39 is 5.41 Å². The predicted octanol–water partition coefficient (Wildman–Crippen LogP) is 3.48. The molecule has 3 nitrogen and oxygen atoms in total. The molecule has 1 rings (SSSR count). The molecule has 2 atom stereocenters. The van der Waals surface area contributed by atoms with Gasteiger partial charge in [-0.3, -0.25) is 9.59 Å². The first-order valence-electron chi connectivity index (χ1n) is 7.72. The quantitative estimate of drug-likeness (QED) is 0.691. The molecule has 0 unspecified atom stereocenters. The zero-order valence-electron chi connectivity index (χ0n) is 13.2. The average molecular weight is 279 g/mol. The van der Waals surface area contributed by atoms with Crippen LogP contribution in [0.3, 0.4) is 0 Å². The number of rotatable bonds is 8. The fourth-order valence-electron chi connectivity index (χ4n) is 2.94. The van der Waals surface area contributed by atoms with Crippen molar-refractivity contribution in [1.29, 1.82) is 0 Å². The normalized spacial score (nSPS) is 18.9. The largest absolute Gasteiger partial charge is 0.369 e. The van der Waals surface area contributed by atoms with E-state index in [0.717, 1.165) is 12.8 Å². The molecule has 0 spiro atoms. The second-order valence-corrected chi connectivity index (χ2v) is 7.13. The lowest BCUT2D eigenvalue weighted by Gasteiger charge is -2.35. The first kappa shape index (κ1) is 16.9. The van der Waals surface area contributed by atoms with Crippen molar-refractivity contribution in [3.05, 3.63) is 12.7 Å². The average Bonchev–Trinajstić information content (AvgIpc) is 2.28. The van der Waals surface area contributed by atoms with Crippen molar-refractivity contribution in [2.45, 2.75) is 59.3 Å². The molecular weight excluding hydrogens is 250 g/mol. The monoisotopic (exact) mass is 279 g/mol. The van der Waals surface area contributed by atoms with Crippen molar-refractivity contribution in [3.63, 3.8) is 0 Å². The van der Waals surface area contributed by atoms with Gasteiger partial charge in [0.25, 0.3) is 0 Å². The Hall–Kier alpha value is -1.12. The molecule has 1 fully saturated rings. The summed E-state index contributed by atoms with van der Waals surface area (Å²) in [5.41, 5.74) is 5.15. The molecule has 0 heterocycles. The van der Waals surface area contributed by atoms with Crippen LogP contribution < -0.4 is 5.73 Å². The number of allylic oxidation sites excluding steroid dienone is 1. The van der Waals surface area contributed by atoms with E-state index in [1.807, 2.05) is 20.8 Å². The minimum atomic E-state index is -0.420. The first-order chi connectivity index (χ1) is 9.27. The highest BCUT2D eigenvalue weighted by atomic mass is 16.1. The summed E-state index contributed by atoms with van der Waals surface area (Å²) < 4.78 is 0. The highest BCUT2D eigenvalue weighted by Crippen LogP contribution is 2.38. The zero-order chi connectivity index (χ0) is 15.3. The number of nitrogens with two attached hydrogens (primary N) is 1. The molecule has 114 valence electrons.